The molecule has 3 heteroatoms. The predicted octanol–water partition coefficient (Wildman–Crippen LogP) is 1.73. The summed E-state index contributed by atoms with van der Waals surface area (Å²) in [6.45, 7) is 8.80. The predicted molar refractivity (Wildman–Crippen MR) is 68.8 cm³/mol. The van der Waals surface area contributed by atoms with Gasteiger partial charge >= 0.3 is 0 Å². The molecule has 0 amide bonds. The van der Waals surface area contributed by atoms with Crippen LogP contribution in [0.4, 0.5) is 0 Å². The Bertz CT molecular complexity index is 103. The first-order chi connectivity index (χ1) is 6.85. The van der Waals surface area contributed by atoms with Crippen LogP contribution in [0.25, 0.3) is 0 Å². The van der Waals surface area contributed by atoms with Crippen LogP contribution in [-0.2, 0) is 0 Å². The van der Waals surface area contributed by atoms with Gasteiger partial charge in [0.2, 0.25) is 0 Å². The molecule has 0 radical (unpaired) electrons. The van der Waals surface area contributed by atoms with Crippen LogP contribution in [0, 0.1) is 0 Å². The molecule has 14 heavy (non-hydrogen) atoms. The smallest absolute Gasteiger partial charge is 0.0571 e. The van der Waals surface area contributed by atoms with Crippen molar-refractivity contribution < 1.29 is 0 Å². The summed E-state index contributed by atoms with van der Waals surface area (Å²) in [7, 11) is 0.285. The lowest BCUT2D eigenvalue weighted by Gasteiger charge is -2.18. The Balaban J connectivity index is 3.30. The lowest BCUT2D eigenvalue weighted by Crippen LogP contribution is -2.41. The fraction of sp³-hybridized carbons (Fsp3) is 1.00. The van der Waals surface area contributed by atoms with E-state index < -0.39 is 0 Å². The molecule has 2 nitrogen and oxygen atoms in total. The molecule has 0 saturated carbocycles. The van der Waals surface area contributed by atoms with E-state index in [9.17, 15) is 0 Å². The van der Waals surface area contributed by atoms with Gasteiger partial charge in [-0.2, -0.15) is 0 Å². The molecule has 0 aliphatic carbocycles. The van der Waals surface area contributed by atoms with Gasteiger partial charge in [0.25, 0.3) is 0 Å². The quantitative estimate of drug-likeness (QED) is 0.330. The molecule has 0 heterocycles. The summed E-state index contributed by atoms with van der Waals surface area (Å²) in [5.41, 5.74) is 0. The largest absolute Gasteiger partial charge is 0.302 e. The highest BCUT2D eigenvalue weighted by Crippen LogP contribution is 2.01. The molecule has 0 aromatic carbocycles. The molecule has 0 unspecified atom stereocenters. The third-order valence-corrected chi connectivity index (χ3v) is 4.70. The Morgan fingerprint density at radius 2 is 1.64 bits per heavy atom. The Labute approximate surface area is 92.1 Å². The van der Waals surface area contributed by atoms with Gasteiger partial charge in [-0.15, -0.1) is 0 Å². The minimum Gasteiger partial charge on any atom is -0.302 e. The molecule has 0 bridgehead atoms. The highest BCUT2D eigenvalue weighted by molar-refractivity contribution is 6.35. The monoisotopic (exact) mass is 216 g/mol. The van der Waals surface area contributed by atoms with Gasteiger partial charge < -0.3 is 10.6 Å². The molecular weight excluding hydrogens is 188 g/mol. The van der Waals surface area contributed by atoms with Gasteiger partial charge in [0.05, 0.1) is 6.17 Å². The van der Waals surface area contributed by atoms with Gasteiger partial charge in [-0.3, -0.25) is 0 Å². The van der Waals surface area contributed by atoms with Gasteiger partial charge in [0, 0.05) is 9.52 Å². The van der Waals surface area contributed by atoms with Gasteiger partial charge in [-0.05, 0) is 19.5 Å². The second-order valence-corrected chi connectivity index (χ2v) is 5.99. The minimum absolute atomic E-state index is 0.285. The zero-order chi connectivity index (χ0) is 10.6. The summed E-state index contributed by atoms with van der Waals surface area (Å²) >= 11 is 0. The van der Waals surface area contributed by atoms with Crippen molar-refractivity contribution in [1.29, 1.82) is 0 Å². The molecule has 0 atom stereocenters. The SMILES string of the molecule is CCC[SiH2]CCCC(NCC)NCC. The number of hydrogen-bond donors (Lipinski definition) is 2. The summed E-state index contributed by atoms with van der Waals surface area (Å²) in [6, 6.07) is 3.06. The van der Waals surface area contributed by atoms with Crippen molar-refractivity contribution in [2.45, 2.75) is 58.3 Å². The molecule has 2 N–H and O–H groups in total. The van der Waals surface area contributed by atoms with Gasteiger partial charge in [0.15, 0.2) is 0 Å². The maximum atomic E-state index is 3.48. The van der Waals surface area contributed by atoms with E-state index in [0.717, 1.165) is 13.1 Å². The van der Waals surface area contributed by atoms with Gasteiger partial charge in [-0.1, -0.05) is 45.7 Å². The zero-order valence-corrected chi connectivity index (χ0v) is 11.6. The van der Waals surface area contributed by atoms with E-state index in [0.29, 0.717) is 6.17 Å². The highest BCUT2D eigenvalue weighted by atomic mass is 28.2. The molecular formula is C11H28N2Si. The maximum Gasteiger partial charge on any atom is 0.0571 e. The standard InChI is InChI=1S/C11H28N2Si/c1-4-9-14-10-7-8-11(12-5-2)13-6-3/h11-13H,4-10,14H2,1-3H3. The molecule has 0 rings (SSSR count). The van der Waals surface area contributed by atoms with Crippen LogP contribution in [0.15, 0.2) is 0 Å². The second kappa shape index (κ2) is 11.2. The van der Waals surface area contributed by atoms with Crippen LogP contribution in [0.1, 0.15) is 40.0 Å². The zero-order valence-electron chi connectivity index (χ0n) is 10.2. The van der Waals surface area contributed by atoms with Crippen molar-refractivity contribution in [3.05, 3.63) is 0 Å². The molecule has 0 fully saturated rings. The fourth-order valence-corrected chi connectivity index (χ4v) is 3.22. The van der Waals surface area contributed by atoms with E-state index in [1.54, 1.807) is 0 Å². The van der Waals surface area contributed by atoms with Crippen molar-refractivity contribution in [2.75, 3.05) is 13.1 Å². The van der Waals surface area contributed by atoms with Crippen LogP contribution in [0.2, 0.25) is 12.1 Å². The highest BCUT2D eigenvalue weighted by Gasteiger charge is 2.03. The number of nitrogens with one attached hydrogen (secondary N) is 2. The van der Waals surface area contributed by atoms with Gasteiger partial charge in [0.1, 0.15) is 0 Å². The molecule has 0 aliphatic rings. The third kappa shape index (κ3) is 8.72. The average molecular weight is 216 g/mol. The van der Waals surface area contributed by atoms with Gasteiger partial charge in [-0.25, -0.2) is 0 Å². The molecule has 86 valence electrons. The lowest BCUT2D eigenvalue weighted by atomic mass is 10.2. The van der Waals surface area contributed by atoms with Crippen LogP contribution >= 0.6 is 0 Å². The van der Waals surface area contributed by atoms with Crippen LogP contribution in [0.5, 0.6) is 0 Å². The molecule has 0 aromatic heterocycles. The first kappa shape index (κ1) is 14.1. The topological polar surface area (TPSA) is 24.1 Å². The Morgan fingerprint density at radius 3 is 2.14 bits per heavy atom. The first-order valence-corrected chi connectivity index (χ1v) is 8.31. The fourth-order valence-electron chi connectivity index (χ4n) is 1.72. The molecule has 0 spiro atoms. The number of rotatable bonds is 10. The van der Waals surface area contributed by atoms with Crippen molar-refractivity contribution in [3.63, 3.8) is 0 Å². The molecule has 0 aliphatic heterocycles. The van der Waals surface area contributed by atoms with E-state index in [1.807, 2.05) is 0 Å². The lowest BCUT2D eigenvalue weighted by molar-refractivity contribution is 0.414. The van der Waals surface area contributed by atoms with Crippen molar-refractivity contribution >= 4 is 9.52 Å². The van der Waals surface area contributed by atoms with E-state index in [2.05, 4.69) is 31.4 Å². The summed E-state index contributed by atoms with van der Waals surface area (Å²) in [4.78, 5) is 0. The van der Waals surface area contributed by atoms with Crippen LogP contribution in [-0.4, -0.2) is 28.8 Å². The van der Waals surface area contributed by atoms with E-state index >= 15 is 0 Å². The average Bonchev–Trinajstić information content (AvgIpc) is 2.18. The van der Waals surface area contributed by atoms with E-state index in [1.165, 1.54) is 31.4 Å². The van der Waals surface area contributed by atoms with Crippen LogP contribution in [0.3, 0.4) is 0 Å². The van der Waals surface area contributed by atoms with E-state index in [-0.39, 0.29) is 9.52 Å². The second-order valence-electron chi connectivity index (χ2n) is 3.87. The Kier molecular flexibility index (Phi) is 11.3. The molecule has 0 aromatic rings. The minimum atomic E-state index is 0.285. The summed E-state index contributed by atoms with van der Waals surface area (Å²) < 4.78 is 0. The normalized spacial score (nSPS) is 12.0. The Morgan fingerprint density at radius 1 is 1.00 bits per heavy atom. The summed E-state index contributed by atoms with van der Waals surface area (Å²) in [5, 5.41) is 6.96. The summed E-state index contributed by atoms with van der Waals surface area (Å²) in [5.74, 6) is 0. The summed E-state index contributed by atoms with van der Waals surface area (Å²) in [6.07, 6.45) is 4.67. The van der Waals surface area contributed by atoms with E-state index in [4.69, 9.17) is 0 Å². The van der Waals surface area contributed by atoms with Crippen LogP contribution < -0.4 is 10.6 Å². The maximum absolute atomic E-state index is 3.48. The third-order valence-electron chi connectivity index (χ3n) is 2.50. The first-order valence-electron chi connectivity index (χ1n) is 6.31. The van der Waals surface area contributed by atoms with Crippen molar-refractivity contribution in [3.8, 4) is 0 Å². The van der Waals surface area contributed by atoms with Crippen molar-refractivity contribution in [1.82, 2.24) is 10.6 Å². The molecule has 0 saturated heterocycles. The number of hydrogen-bond acceptors (Lipinski definition) is 2. The Hall–Kier alpha value is 0.137. The van der Waals surface area contributed by atoms with Crippen molar-refractivity contribution in [2.24, 2.45) is 0 Å².